The Balaban J connectivity index is 1.70. The van der Waals surface area contributed by atoms with Crippen molar-refractivity contribution in [2.45, 2.75) is 6.54 Å². The minimum atomic E-state index is 0.595. The van der Waals surface area contributed by atoms with Crippen LogP contribution in [0.25, 0.3) is 11.3 Å². The highest BCUT2D eigenvalue weighted by atomic mass is 16.5. The maximum atomic E-state index is 5.15. The van der Waals surface area contributed by atoms with E-state index in [9.17, 15) is 0 Å². The van der Waals surface area contributed by atoms with Crippen LogP contribution in [0.2, 0.25) is 0 Å². The molecule has 0 amide bonds. The molecule has 2 aromatic heterocycles. The summed E-state index contributed by atoms with van der Waals surface area (Å²) in [6, 6.07) is 13.6. The van der Waals surface area contributed by atoms with Crippen LogP contribution in [0.15, 0.2) is 61.1 Å². The molecule has 2 heterocycles. The molecule has 0 radical (unpaired) electrons. The third-order valence-corrected chi connectivity index (χ3v) is 3.22. The van der Waals surface area contributed by atoms with E-state index in [1.165, 1.54) is 0 Å². The number of anilines is 1. The van der Waals surface area contributed by atoms with Crippen molar-refractivity contribution < 1.29 is 4.74 Å². The molecule has 0 atom stereocenters. The lowest BCUT2D eigenvalue weighted by molar-refractivity contribution is 0.414. The van der Waals surface area contributed by atoms with Crippen LogP contribution in [-0.2, 0) is 6.54 Å². The van der Waals surface area contributed by atoms with Gasteiger partial charge >= 0.3 is 0 Å². The Labute approximate surface area is 129 Å². The summed E-state index contributed by atoms with van der Waals surface area (Å²) in [6.45, 7) is 0.653. The number of hydrogen-bond donors (Lipinski definition) is 1. The fourth-order valence-electron chi connectivity index (χ4n) is 2.04. The zero-order chi connectivity index (χ0) is 15.2. The number of ether oxygens (including phenoxy) is 1. The highest BCUT2D eigenvalue weighted by molar-refractivity contribution is 5.58. The van der Waals surface area contributed by atoms with E-state index in [1.807, 2.05) is 42.5 Å². The van der Waals surface area contributed by atoms with Crippen molar-refractivity contribution in [1.82, 2.24) is 15.0 Å². The minimum Gasteiger partial charge on any atom is -0.497 e. The summed E-state index contributed by atoms with van der Waals surface area (Å²) >= 11 is 0. The topological polar surface area (TPSA) is 59.9 Å². The maximum absolute atomic E-state index is 5.15. The molecule has 1 N–H and O–H groups in total. The van der Waals surface area contributed by atoms with Gasteiger partial charge < -0.3 is 10.1 Å². The predicted molar refractivity (Wildman–Crippen MR) is 85.6 cm³/mol. The van der Waals surface area contributed by atoms with Gasteiger partial charge in [0, 0.05) is 30.7 Å². The lowest BCUT2D eigenvalue weighted by Crippen LogP contribution is -2.04. The second kappa shape index (κ2) is 6.67. The first-order valence-corrected chi connectivity index (χ1v) is 6.95. The van der Waals surface area contributed by atoms with E-state index in [0.717, 1.165) is 22.6 Å². The number of pyridine rings is 1. The highest BCUT2D eigenvalue weighted by Gasteiger charge is 2.02. The van der Waals surface area contributed by atoms with Gasteiger partial charge in [-0.05, 0) is 35.9 Å². The van der Waals surface area contributed by atoms with Gasteiger partial charge in [-0.15, -0.1) is 0 Å². The molecule has 0 fully saturated rings. The second-order valence-corrected chi connectivity index (χ2v) is 4.71. The van der Waals surface area contributed by atoms with Crippen molar-refractivity contribution in [2.75, 3.05) is 12.4 Å². The van der Waals surface area contributed by atoms with Crippen molar-refractivity contribution in [2.24, 2.45) is 0 Å². The number of methoxy groups -OCH3 is 1. The van der Waals surface area contributed by atoms with Crippen LogP contribution in [0, 0.1) is 0 Å². The lowest BCUT2D eigenvalue weighted by atomic mass is 10.2. The molecule has 5 nitrogen and oxygen atoms in total. The molecule has 0 saturated heterocycles. The zero-order valence-electron chi connectivity index (χ0n) is 12.2. The Kier molecular flexibility index (Phi) is 4.25. The summed E-state index contributed by atoms with van der Waals surface area (Å²) in [5, 5.41) is 3.23. The molecule has 1 aromatic carbocycles. The van der Waals surface area contributed by atoms with Gasteiger partial charge in [0.2, 0.25) is 5.95 Å². The minimum absolute atomic E-state index is 0.595. The fourth-order valence-corrected chi connectivity index (χ4v) is 2.04. The maximum Gasteiger partial charge on any atom is 0.223 e. The molecular weight excluding hydrogens is 276 g/mol. The van der Waals surface area contributed by atoms with Crippen LogP contribution < -0.4 is 10.1 Å². The van der Waals surface area contributed by atoms with E-state index < -0.39 is 0 Å². The molecule has 22 heavy (non-hydrogen) atoms. The van der Waals surface area contributed by atoms with E-state index in [0.29, 0.717) is 12.5 Å². The van der Waals surface area contributed by atoms with Crippen LogP contribution in [0.4, 0.5) is 5.95 Å². The normalized spacial score (nSPS) is 10.2. The number of nitrogens with one attached hydrogen (secondary N) is 1. The summed E-state index contributed by atoms with van der Waals surface area (Å²) in [4.78, 5) is 12.9. The first-order valence-electron chi connectivity index (χ1n) is 6.95. The predicted octanol–water partition coefficient (Wildman–Crippen LogP) is 3.16. The first kappa shape index (κ1) is 14.0. The SMILES string of the molecule is COc1ccc(CNc2nccc(-c3cccnc3)n2)cc1. The molecule has 0 bridgehead atoms. The Bertz CT molecular complexity index is 729. The highest BCUT2D eigenvalue weighted by Crippen LogP contribution is 2.16. The molecule has 3 aromatic rings. The quantitative estimate of drug-likeness (QED) is 0.782. The smallest absolute Gasteiger partial charge is 0.223 e. The molecule has 110 valence electrons. The van der Waals surface area contributed by atoms with Gasteiger partial charge in [0.15, 0.2) is 0 Å². The average Bonchev–Trinajstić information content (AvgIpc) is 2.61. The summed E-state index contributed by atoms with van der Waals surface area (Å²) < 4.78 is 5.15. The molecule has 0 saturated carbocycles. The van der Waals surface area contributed by atoms with Crippen LogP contribution in [0.5, 0.6) is 5.75 Å². The zero-order valence-corrected chi connectivity index (χ0v) is 12.2. The van der Waals surface area contributed by atoms with E-state index in [1.54, 1.807) is 25.7 Å². The Morgan fingerprint density at radius 2 is 1.91 bits per heavy atom. The van der Waals surface area contributed by atoms with Crippen molar-refractivity contribution >= 4 is 5.95 Å². The standard InChI is InChI=1S/C17H16N4O/c1-22-15-6-4-13(5-7-15)11-20-17-19-10-8-16(21-17)14-3-2-9-18-12-14/h2-10,12H,11H2,1H3,(H,19,20,21). The van der Waals surface area contributed by atoms with Crippen molar-refractivity contribution in [3.8, 4) is 17.0 Å². The van der Waals surface area contributed by atoms with Gasteiger partial charge in [-0.2, -0.15) is 0 Å². The average molecular weight is 292 g/mol. The van der Waals surface area contributed by atoms with Gasteiger partial charge in [-0.3, -0.25) is 4.98 Å². The Hall–Kier alpha value is -2.95. The van der Waals surface area contributed by atoms with Crippen LogP contribution >= 0.6 is 0 Å². The molecule has 5 heteroatoms. The van der Waals surface area contributed by atoms with Crippen LogP contribution in [-0.4, -0.2) is 22.1 Å². The van der Waals surface area contributed by atoms with Gasteiger partial charge in [0.05, 0.1) is 12.8 Å². The van der Waals surface area contributed by atoms with Crippen molar-refractivity contribution in [3.63, 3.8) is 0 Å². The number of aromatic nitrogens is 3. The second-order valence-electron chi connectivity index (χ2n) is 4.71. The summed E-state index contributed by atoms with van der Waals surface area (Å²) in [6.07, 6.45) is 5.27. The summed E-state index contributed by atoms with van der Waals surface area (Å²) in [5.74, 6) is 1.44. The molecule has 0 unspecified atom stereocenters. The number of benzene rings is 1. The van der Waals surface area contributed by atoms with Gasteiger partial charge in [0.25, 0.3) is 0 Å². The summed E-state index contributed by atoms with van der Waals surface area (Å²) in [7, 11) is 1.66. The third kappa shape index (κ3) is 3.38. The van der Waals surface area contributed by atoms with Crippen LogP contribution in [0.3, 0.4) is 0 Å². The Morgan fingerprint density at radius 1 is 1.05 bits per heavy atom. The summed E-state index contributed by atoms with van der Waals surface area (Å²) in [5.41, 5.74) is 2.95. The number of nitrogens with zero attached hydrogens (tertiary/aromatic N) is 3. The number of rotatable bonds is 5. The molecule has 0 aliphatic carbocycles. The monoisotopic (exact) mass is 292 g/mol. The van der Waals surface area contributed by atoms with E-state index in [4.69, 9.17) is 4.74 Å². The molecular formula is C17H16N4O. The first-order chi connectivity index (χ1) is 10.8. The largest absolute Gasteiger partial charge is 0.497 e. The Morgan fingerprint density at radius 3 is 2.64 bits per heavy atom. The lowest BCUT2D eigenvalue weighted by Gasteiger charge is -2.07. The third-order valence-electron chi connectivity index (χ3n) is 3.22. The molecule has 0 spiro atoms. The van der Waals surface area contributed by atoms with Gasteiger partial charge in [-0.1, -0.05) is 12.1 Å². The van der Waals surface area contributed by atoms with Gasteiger partial charge in [0.1, 0.15) is 5.75 Å². The van der Waals surface area contributed by atoms with Crippen LogP contribution in [0.1, 0.15) is 5.56 Å². The number of hydrogen-bond acceptors (Lipinski definition) is 5. The van der Waals surface area contributed by atoms with E-state index in [-0.39, 0.29) is 0 Å². The van der Waals surface area contributed by atoms with Crippen molar-refractivity contribution in [1.29, 1.82) is 0 Å². The molecule has 3 rings (SSSR count). The molecule has 0 aliphatic rings. The van der Waals surface area contributed by atoms with Gasteiger partial charge in [-0.25, -0.2) is 9.97 Å². The van der Waals surface area contributed by atoms with E-state index >= 15 is 0 Å². The fraction of sp³-hybridized carbons (Fsp3) is 0.118. The molecule has 0 aliphatic heterocycles. The van der Waals surface area contributed by atoms with Crippen molar-refractivity contribution in [3.05, 3.63) is 66.6 Å². The van der Waals surface area contributed by atoms with E-state index in [2.05, 4.69) is 20.3 Å².